The smallest absolute Gasteiger partial charge is 0.119 e. The summed E-state index contributed by atoms with van der Waals surface area (Å²) >= 11 is 0. The summed E-state index contributed by atoms with van der Waals surface area (Å²) in [7, 11) is 0. The summed E-state index contributed by atoms with van der Waals surface area (Å²) in [4.78, 5) is 2.29. The molecule has 234 valence electrons. The van der Waals surface area contributed by atoms with Crippen molar-refractivity contribution in [1.29, 1.82) is 0 Å². The quantitative estimate of drug-likeness (QED) is 0.134. The maximum Gasteiger partial charge on any atom is 0.119 e. The minimum atomic E-state index is 0.346. The van der Waals surface area contributed by atoms with Gasteiger partial charge in [0.25, 0.3) is 0 Å². The van der Waals surface area contributed by atoms with E-state index < -0.39 is 0 Å². The fraction of sp³-hybridized carbons (Fsp3) is 0.351. The lowest BCUT2D eigenvalue weighted by atomic mass is 9.84. The molecule has 0 aliphatic heterocycles. The van der Waals surface area contributed by atoms with Crippen LogP contribution in [-0.2, 0) is 0 Å². The van der Waals surface area contributed by atoms with Crippen molar-refractivity contribution < 1.29 is 4.74 Å². The lowest BCUT2D eigenvalue weighted by Crippen LogP contribution is -2.21. The van der Waals surface area contributed by atoms with Gasteiger partial charge < -0.3 is 9.64 Å². The minimum Gasteiger partial charge on any atom is -0.494 e. The van der Waals surface area contributed by atoms with E-state index in [1.807, 2.05) is 84.9 Å². The molecule has 45 heavy (non-hydrogen) atoms. The van der Waals surface area contributed by atoms with E-state index in [9.17, 15) is 0 Å². The van der Waals surface area contributed by atoms with E-state index in [-0.39, 0.29) is 0 Å². The molecule has 0 aliphatic carbocycles. The van der Waals surface area contributed by atoms with Crippen molar-refractivity contribution >= 4 is 39.8 Å². The molecule has 4 rings (SSSR count). The molecule has 0 saturated heterocycles. The van der Waals surface area contributed by atoms with Gasteiger partial charge in [-0.2, -0.15) is 30.7 Å². The first-order valence-corrected chi connectivity index (χ1v) is 15.7. The predicted molar refractivity (Wildman–Crippen MR) is 185 cm³/mol. The third kappa shape index (κ3) is 11.4. The number of hydrogen-bond donors (Lipinski definition) is 0. The zero-order valence-corrected chi connectivity index (χ0v) is 27.4. The first kappa shape index (κ1) is 33.2. The number of anilines is 1. The maximum atomic E-state index is 5.92. The zero-order chi connectivity index (χ0) is 32.1. The van der Waals surface area contributed by atoms with Crippen LogP contribution in [-0.4, -0.2) is 19.7 Å². The van der Waals surface area contributed by atoms with Crippen LogP contribution in [0.4, 0.5) is 39.8 Å². The molecule has 0 N–H and O–H groups in total. The molecule has 0 aliphatic rings. The van der Waals surface area contributed by atoms with Gasteiger partial charge in [-0.05, 0) is 135 Å². The van der Waals surface area contributed by atoms with Crippen LogP contribution in [0.2, 0.25) is 0 Å². The third-order valence-electron chi connectivity index (χ3n) is 7.20. The molecule has 0 aromatic heterocycles. The molecule has 1 unspecified atom stereocenters. The molecule has 0 saturated carbocycles. The second kappa shape index (κ2) is 16.4. The van der Waals surface area contributed by atoms with Gasteiger partial charge in [-0.3, -0.25) is 0 Å². The van der Waals surface area contributed by atoms with Gasteiger partial charge in [0, 0.05) is 18.8 Å². The van der Waals surface area contributed by atoms with Crippen LogP contribution < -0.4 is 9.64 Å². The van der Waals surface area contributed by atoms with Crippen molar-refractivity contribution in [2.75, 3.05) is 24.6 Å². The van der Waals surface area contributed by atoms with Gasteiger partial charge in [-0.15, -0.1) is 0 Å². The van der Waals surface area contributed by atoms with Crippen molar-refractivity contribution in [3.8, 4) is 5.75 Å². The topological polar surface area (TPSA) is 86.6 Å². The van der Waals surface area contributed by atoms with E-state index in [2.05, 4.69) is 89.3 Å². The van der Waals surface area contributed by atoms with E-state index in [1.54, 1.807) is 0 Å². The van der Waals surface area contributed by atoms with Gasteiger partial charge in [0.2, 0.25) is 0 Å². The molecule has 1 atom stereocenters. The van der Waals surface area contributed by atoms with Gasteiger partial charge in [-0.1, -0.05) is 27.7 Å². The van der Waals surface area contributed by atoms with Crippen molar-refractivity contribution in [3.05, 3.63) is 97.1 Å². The lowest BCUT2D eigenvalue weighted by Gasteiger charge is -2.23. The van der Waals surface area contributed by atoms with Gasteiger partial charge >= 0.3 is 0 Å². The molecule has 0 heterocycles. The molecular formula is C37H45N7O. The second-order valence-corrected chi connectivity index (χ2v) is 12.3. The van der Waals surface area contributed by atoms with Crippen LogP contribution in [0.3, 0.4) is 0 Å². The Morgan fingerprint density at radius 3 is 1.22 bits per heavy atom. The monoisotopic (exact) mass is 603 g/mol. The number of hydrogen-bond acceptors (Lipinski definition) is 8. The molecule has 0 fully saturated rings. The summed E-state index contributed by atoms with van der Waals surface area (Å²) in [5.41, 5.74) is 6.05. The Morgan fingerprint density at radius 2 is 0.889 bits per heavy atom. The van der Waals surface area contributed by atoms with E-state index in [1.165, 1.54) is 12.1 Å². The number of benzene rings is 4. The van der Waals surface area contributed by atoms with Gasteiger partial charge in [0.15, 0.2) is 0 Å². The number of azo groups is 3. The van der Waals surface area contributed by atoms with E-state index >= 15 is 0 Å². The van der Waals surface area contributed by atoms with Crippen molar-refractivity contribution in [2.45, 2.75) is 54.4 Å². The van der Waals surface area contributed by atoms with Gasteiger partial charge in [-0.25, -0.2) is 0 Å². The van der Waals surface area contributed by atoms with Gasteiger partial charge in [0.1, 0.15) is 5.75 Å². The largest absolute Gasteiger partial charge is 0.494 e. The Hall–Kier alpha value is -4.72. The van der Waals surface area contributed by atoms with Crippen LogP contribution in [0.1, 0.15) is 54.4 Å². The highest BCUT2D eigenvalue weighted by molar-refractivity contribution is 5.53. The molecule has 0 spiro atoms. The SMILES string of the molecule is CCN(CC)c1ccc(N=Nc2ccc(N=Nc3ccc(N=Nc4ccc(OCCC(C)CC(C)(C)C)cc4)cc3)cc2)cc1. The second-order valence-electron chi connectivity index (χ2n) is 12.3. The number of rotatable bonds is 14. The molecule has 4 aromatic rings. The number of nitrogens with zero attached hydrogens (tertiary/aromatic N) is 7. The summed E-state index contributed by atoms with van der Waals surface area (Å²) in [5.74, 6) is 1.48. The van der Waals surface area contributed by atoms with Crippen LogP contribution >= 0.6 is 0 Å². The zero-order valence-electron chi connectivity index (χ0n) is 27.4. The van der Waals surface area contributed by atoms with Crippen LogP contribution in [0, 0.1) is 11.3 Å². The Morgan fingerprint density at radius 1 is 0.556 bits per heavy atom. The van der Waals surface area contributed by atoms with Crippen molar-refractivity contribution in [3.63, 3.8) is 0 Å². The summed E-state index contributed by atoms with van der Waals surface area (Å²) < 4.78 is 5.92. The average molecular weight is 604 g/mol. The standard InChI is InChI=1S/C37H45N7O/c1-7-44(8-2)35-21-17-33(18-22-35)42-40-31-13-9-29(10-14-31)38-39-30-11-15-32(16-12-30)41-43-34-19-23-36(24-20-34)45-26-25-28(3)27-37(4,5)6/h9-24,28H,7-8,25-27H2,1-6H3. The van der Waals surface area contributed by atoms with Crippen LogP contribution in [0.15, 0.2) is 128 Å². The Balaban J connectivity index is 1.24. The summed E-state index contributed by atoms with van der Waals surface area (Å²) in [6, 6.07) is 30.8. The van der Waals surface area contributed by atoms with Crippen LogP contribution in [0.25, 0.3) is 0 Å². The molecule has 8 heteroatoms. The molecular weight excluding hydrogens is 558 g/mol. The highest BCUT2D eigenvalue weighted by atomic mass is 16.5. The summed E-state index contributed by atoms with van der Waals surface area (Å²) in [6.45, 7) is 16.1. The predicted octanol–water partition coefficient (Wildman–Crippen LogP) is 12.6. The number of ether oxygens (including phenoxy) is 1. The Labute approximate surface area is 268 Å². The third-order valence-corrected chi connectivity index (χ3v) is 7.20. The Bertz CT molecular complexity index is 1530. The van der Waals surface area contributed by atoms with E-state index in [4.69, 9.17) is 4.74 Å². The average Bonchev–Trinajstić information content (AvgIpc) is 3.04. The fourth-order valence-electron chi connectivity index (χ4n) is 4.97. The maximum absolute atomic E-state index is 5.92. The molecule has 0 radical (unpaired) electrons. The lowest BCUT2D eigenvalue weighted by molar-refractivity contribution is 0.240. The normalized spacial score (nSPS) is 12.8. The first-order chi connectivity index (χ1) is 21.7. The van der Waals surface area contributed by atoms with Gasteiger partial charge in [0.05, 0.1) is 40.7 Å². The Kier molecular flexibility index (Phi) is 12.1. The molecule has 0 bridgehead atoms. The molecule has 0 amide bonds. The molecule has 4 aromatic carbocycles. The van der Waals surface area contributed by atoms with Crippen molar-refractivity contribution in [2.24, 2.45) is 42.0 Å². The highest BCUT2D eigenvalue weighted by Crippen LogP contribution is 2.28. The molecule has 8 nitrogen and oxygen atoms in total. The van der Waals surface area contributed by atoms with Crippen molar-refractivity contribution in [1.82, 2.24) is 0 Å². The van der Waals surface area contributed by atoms with E-state index in [0.29, 0.717) is 17.9 Å². The summed E-state index contributed by atoms with van der Waals surface area (Å²) in [6.07, 6.45) is 2.23. The van der Waals surface area contributed by atoms with E-state index in [0.717, 1.165) is 59.4 Å². The summed E-state index contributed by atoms with van der Waals surface area (Å²) in [5, 5.41) is 26.1. The first-order valence-electron chi connectivity index (χ1n) is 15.7. The van der Waals surface area contributed by atoms with Crippen LogP contribution in [0.5, 0.6) is 5.75 Å². The minimum absolute atomic E-state index is 0.346. The highest BCUT2D eigenvalue weighted by Gasteiger charge is 2.15. The fourth-order valence-corrected chi connectivity index (χ4v) is 4.97.